The van der Waals surface area contributed by atoms with Gasteiger partial charge in [0.25, 0.3) is 0 Å². The predicted molar refractivity (Wildman–Crippen MR) is 84.2 cm³/mol. The molecule has 0 fully saturated rings. The largest absolute Gasteiger partial charge is 0.497 e. The molecule has 2 aliphatic heterocycles. The quantitative estimate of drug-likeness (QED) is 0.848. The second-order valence-corrected chi connectivity index (χ2v) is 6.11. The van der Waals surface area contributed by atoms with Crippen LogP contribution in [0.1, 0.15) is 17.0 Å². The summed E-state index contributed by atoms with van der Waals surface area (Å²) in [5, 5.41) is 4.65. The standard InChI is InChI=1S/C16H13Cl2NO2/c1-20-9-2-3-13-10(6-9)15-14(21-13)7-19-12-5-8(17)4-11(18)16(12)15/h2-6,14-15,19H,7H2,1H3. The van der Waals surface area contributed by atoms with Crippen LogP contribution < -0.4 is 14.8 Å². The summed E-state index contributed by atoms with van der Waals surface area (Å²) in [6.07, 6.45) is 0.0401. The van der Waals surface area contributed by atoms with Gasteiger partial charge in [-0.2, -0.15) is 0 Å². The summed E-state index contributed by atoms with van der Waals surface area (Å²) in [5.74, 6) is 1.82. The maximum atomic E-state index is 6.44. The molecular formula is C16H13Cl2NO2. The molecule has 108 valence electrons. The molecule has 2 aromatic rings. The Morgan fingerprint density at radius 1 is 1.24 bits per heavy atom. The van der Waals surface area contributed by atoms with E-state index in [1.807, 2.05) is 24.3 Å². The van der Waals surface area contributed by atoms with Gasteiger partial charge < -0.3 is 14.8 Å². The fourth-order valence-electron chi connectivity index (χ4n) is 3.19. The molecule has 1 N–H and O–H groups in total. The predicted octanol–water partition coefficient (Wildman–Crippen LogP) is 4.32. The average molecular weight is 322 g/mol. The topological polar surface area (TPSA) is 30.5 Å². The SMILES string of the molecule is COc1ccc2c(c1)C1c3c(Cl)cc(Cl)cc3NCC1O2. The van der Waals surface area contributed by atoms with Crippen molar-refractivity contribution in [1.82, 2.24) is 0 Å². The normalized spacial score (nSPS) is 21.7. The number of ether oxygens (including phenoxy) is 2. The minimum absolute atomic E-state index is 0.0401. The van der Waals surface area contributed by atoms with Gasteiger partial charge in [0.1, 0.15) is 17.6 Å². The van der Waals surface area contributed by atoms with Crippen LogP contribution in [0.4, 0.5) is 5.69 Å². The number of anilines is 1. The van der Waals surface area contributed by atoms with E-state index in [4.69, 9.17) is 32.7 Å². The fourth-order valence-corrected chi connectivity index (χ4v) is 3.80. The number of hydrogen-bond acceptors (Lipinski definition) is 3. The number of halogens is 2. The Morgan fingerprint density at radius 2 is 2.10 bits per heavy atom. The van der Waals surface area contributed by atoms with Crippen molar-refractivity contribution in [3.63, 3.8) is 0 Å². The lowest BCUT2D eigenvalue weighted by Crippen LogP contribution is -2.33. The fraction of sp³-hybridized carbons (Fsp3) is 0.250. The summed E-state index contributed by atoms with van der Waals surface area (Å²) in [6.45, 7) is 0.728. The van der Waals surface area contributed by atoms with E-state index in [-0.39, 0.29) is 12.0 Å². The molecule has 2 aromatic carbocycles. The minimum Gasteiger partial charge on any atom is -0.497 e. The van der Waals surface area contributed by atoms with Crippen LogP contribution in [0.25, 0.3) is 0 Å². The lowest BCUT2D eigenvalue weighted by Gasteiger charge is -2.29. The van der Waals surface area contributed by atoms with Gasteiger partial charge >= 0.3 is 0 Å². The Balaban J connectivity index is 1.91. The van der Waals surface area contributed by atoms with Crippen molar-refractivity contribution in [2.24, 2.45) is 0 Å². The first-order valence-corrected chi connectivity index (χ1v) is 7.50. The van der Waals surface area contributed by atoms with E-state index in [9.17, 15) is 0 Å². The molecule has 0 aliphatic carbocycles. The molecule has 5 heteroatoms. The first kappa shape index (κ1) is 13.1. The average Bonchev–Trinajstić information content (AvgIpc) is 2.84. The van der Waals surface area contributed by atoms with Crippen molar-refractivity contribution in [2.75, 3.05) is 19.0 Å². The molecule has 0 saturated carbocycles. The van der Waals surface area contributed by atoms with Crippen LogP contribution in [0, 0.1) is 0 Å². The Hall–Kier alpha value is -1.58. The third-order valence-corrected chi connectivity index (χ3v) is 4.63. The van der Waals surface area contributed by atoms with Crippen LogP contribution in [0.15, 0.2) is 30.3 Å². The highest BCUT2D eigenvalue weighted by molar-refractivity contribution is 6.35. The first-order chi connectivity index (χ1) is 10.2. The van der Waals surface area contributed by atoms with Gasteiger partial charge in [-0.05, 0) is 30.3 Å². The molecule has 0 bridgehead atoms. The van der Waals surface area contributed by atoms with Crippen molar-refractivity contribution in [3.8, 4) is 11.5 Å². The minimum atomic E-state index is 0.0401. The van der Waals surface area contributed by atoms with Crippen LogP contribution in [-0.2, 0) is 0 Å². The molecule has 2 heterocycles. The van der Waals surface area contributed by atoms with E-state index in [1.165, 1.54) is 0 Å². The smallest absolute Gasteiger partial charge is 0.127 e. The monoisotopic (exact) mass is 321 g/mol. The van der Waals surface area contributed by atoms with Crippen molar-refractivity contribution < 1.29 is 9.47 Å². The van der Waals surface area contributed by atoms with Crippen LogP contribution in [0.3, 0.4) is 0 Å². The first-order valence-electron chi connectivity index (χ1n) is 6.75. The van der Waals surface area contributed by atoms with Gasteiger partial charge in [-0.1, -0.05) is 23.2 Å². The highest BCUT2D eigenvalue weighted by Crippen LogP contribution is 2.50. The van der Waals surface area contributed by atoms with E-state index in [2.05, 4.69) is 5.32 Å². The lowest BCUT2D eigenvalue weighted by molar-refractivity contribution is 0.227. The molecule has 0 amide bonds. The zero-order valence-corrected chi connectivity index (χ0v) is 12.8. The summed E-state index contributed by atoms with van der Waals surface area (Å²) in [4.78, 5) is 0. The zero-order valence-electron chi connectivity index (χ0n) is 11.3. The van der Waals surface area contributed by atoms with Crippen molar-refractivity contribution in [2.45, 2.75) is 12.0 Å². The second kappa shape index (κ2) is 4.72. The van der Waals surface area contributed by atoms with Gasteiger partial charge in [0, 0.05) is 26.9 Å². The van der Waals surface area contributed by atoms with Gasteiger partial charge in [0.2, 0.25) is 0 Å². The molecule has 4 rings (SSSR count). The molecule has 2 atom stereocenters. The van der Waals surface area contributed by atoms with E-state index in [0.717, 1.165) is 34.9 Å². The third-order valence-electron chi connectivity index (χ3n) is 4.10. The van der Waals surface area contributed by atoms with Crippen LogP contribution in [0.5, 0.6) is 11.5 Å². The Labute approximate surface area is 132 Å². The third kappa shape index (κ3) is 1.95. The summed E-state index contributed by atoms with van der Waals surface area (Å²) < 4.78 is 11.4. The number of benzene rings is 2. The van der Waals surface area contributed by atoms with E-state index in [1.54, 1.807) is 13.2 Å². The maximum absolute atomic E-state index is 6.44. The number of hydrogen-bond donors (Lipinski definition) is 1. The molecule has 2 unspecified atom stereocenters. The highest BCUT2D eigenvalue weighted by Gasteiger charge is 2.41. The molecule has 2 aliphatic rings. The van der Waals surface area contributed by atoms with Gasteiger partial charge in [0.05, 0.1) is 19.6 Å². The van der Waals surface area contributed by atoms with Gasteiger partial charge in [0.15, 0.2) is 0 Å². The van der Waals surface area contributed by atoms with Gasteiger partial charge in [-0.3, -0.25) is 0 Å². The Morgan fingerprint density at radius 3 is 2.90 bits per heavy atom. The van der Waals surface area contributed by atoms with E-state index >= 15 is 0 Å². The second-order valence-electron chi connectivity index (χ2n) is 5.27. The highest BCUT2D eigenvalue weighted by atomic mass is 35.5. The van der Waals surface area contributed by atoms with Crippen molar-refractivity contribution in [3.05, 3.63) is 51.5 Å². The number of nitrogens with one attached hydrogen (secondary N) is 1. The summed E-state index contributed by atoms with van der Waals surface area (Å²) in [6, 6.07) is 9.59. The van der Waals surface area contributed by atoms with Crippen LogP contribution >= 0.6 is 23.2 Å². The van der Waals surface area contributed by atoms with E-state index in [0.29, 0.717) is 10.0 Å². The molecule has 3 nitrogen and oxygen atoms in total. The summed E-state index contributed by atoms with van der Waals surface area (Å²) in [5.41, 5.74) is 3.14. The lowest BCUT2D eigenvalue weighted by atomic mass is 9.84. The molecule has 0 aromatic heterocycles. The molecule has 21 heavy (non-hydrogen) atoms. The van der Waals surface area contributed by atoms with Crippen LogP contribution in [-0.4, -0.2) is 19.8 Å². The zero-order chi connectivity index (χ0) is 14.6. The van der Waals surface area contributed by atoms with Crippen molar-refractivity contribution in [1.29, 1.82) is 0 Å². The number of rotatable bonds is 1. The molecule has 0 saturated heterocycles. The Kier molecular flexibility index (Phi) is 2.95. The van der Waals surface area contributed by atoms with Crippen LogP contribution in [0.2, 0.25) is 10.0 Å². The summed E-state index contributed by atoms with van der Waals surface area (Å²) >= 11 is 12.5. The van der Waals surface area contributed by atoms with Gasteiger partial charge in [-0.25, -0.2) is 0 Å². The Bertz CT molecular complexity index is 732. The molecular weight excluding hydrogens is 309 g/mol. The number of fused-ring (bicyclic) bond motifs is 5. The molecule has 0 spiro atoms. The number of methoxy groups -OCH3 is 1. The summed E-state index contributed by atoms with van der Waals surface area (Å²) in [7, 11) is 1.66. The van der Waals surface area contributed by atoms with E-state index < -0.39 is 0 Å². The van der Waals surface area contributed by atoms with Crippen molar-refractivity contribution >= 4 is 28.9 Å². The maximum Gasteiger partial charge on any atom is 0.127 e. The molecule has 0 radical (unpaired) electrons. The van der Waals surface area contributed by atoms with Gasteiger partial charge in [-0.15, -0.1) is 0 Å².